The van der Waals surface area contributed by atoms with Crippen LogP contribution in [-0.4, -0.2) is 30.8 Å². The number of rotatable bonds is 6. The molecule has 0 saturated heterocycles. The van der Waals surface area contributed by atoms with Gasteiger partial charge in [0, 0.05) is 25.7 Å². The predicted octanol–water partition coefficient (Wildman–Crippen LogP) is 2.82. The van der Waals surface area contributed by atoms with Crippen LogP contribution in [0, 0.1) is 0 Å². The van der Waals surface area contributed by atoms with Crippen LogP contribution in [-0.2, 0) is 25.4 Å². The van der Waals surface area contributed by atoms with Crippen molar-refractivity contribution in [3.63, 3.8) is 0 Å². The van der Waals surface area contributed by atoms with Gasteiger partial charge in [-0.3, -0.25) is 18.7 Å². The van der Waals surface area contributed by atoms with Crippen molar-refractivity contribution in [2.75, 3.05) is 5.75 Å². The number of hydrogen-bond acceptors (Lipinski definition) is 7. The van der Waals surface area contributed by atoms with Gasteiger partial charge in [-0.2, -0.15) is 0 Å². The van der Waals surface area contributed by atoms with Gasteiger partial charge < -0.3 is 5.32 Å². The number of hydrogen-bond donors (Lipinski definition) is 1. The lowest BCUT2D eigenvalue weighted by atomic mass is 10.2. The number of thioether (sulfide) groups is 1. The molecule has 0 aliphatic carbocycles. The summed E-state index contributed by atoms with van der Waals surface area (Å²) in [6.07, 6.45) is 0. The maximum Gasteiger partial charge on any atom is 0.332 e. The van der Waals surface area contributed by atoms with Crippen molar-refractivity contribution in [2.45, 2.75) is 11.6 Å². The molecule has 0 radical (unpaired) electrons. The van der Waals surface area contributed by atoms with E-state index in [0.717, 1.165) is 26.8 Å². The molecule has 4 rings (SSSR count). The Morgan fingerprint density at radius 3 is 2.62 bits per heavy atom. The fourth-order valence-electron chi connectivity index (χ4n) is 3.07. The zero-order chi connectivity index (χ0) is 22.8. The van der Waals surface area contributed by atoms with E-state index in [2.05, 4.69) is 15.3 Å². The van der Waals surface area contributed by atoms with Gasteiger partial charge in [-0.25, -0.2) is 14.8 Å². The Hall–Kier alpha value is -2.95. The summed E-state index contributed by atoms with van der Waals surface area (Å²) in [7, 11) is 2.96. The molecule has 0 unspecified atom stereocenters. The molecule has 1 amide bonds. The van der Waals surface area contributed by atoms with Crippen LogP contribution in [0.25, 0.3) is 21.7 Å². The molecule has 3 heterocycles. The molecule has 0 aliphatic heterocycles. The first kappa shape index (κ1) is 22.3. The largest absolute Gasteiger partial charge is 0.351 e. The van der Waals surface area contributed by atoms with E-state index in [9.17, 15) is 14.4 Å². The van der Waals surface area contributed by atoms with Crippen molar-refractivity contribution in [3.05, 3.63) is 73.2 Å². The fraction of sp³-hybridized carbons (Fsp3) is 0.190. The zero-order valence-corrected chi connectivity index (χ0v) is 19.6. The van der Waals surface area contributed by atoms with Gasteiger partial charge in [0.1, 0.15) is 10.4 Å². The molecule has 0 saturated carbocycles. The van der Waals surface area contributed by atoms with Crippen LogP contribution in [0.3, 0.4) is 0 Å². The van der Waals surface area contributed by atoms with Crippen LogP contribution in [0.15, 0.2) is 56.4 Å². The molecule has 164 valence electrons. The average molecular weight is 488 g/mol. The highest BCUT2D eigenvalue weighted by Crippen LogP contribution is 2.28. The smallest absolute Gasteiger partial charge is 0.332 e. The number of carbonyl (C=O) groups excluding carboxylic acids is 1. The van der Waals surface area contributed by atoms with Gasteiger partial charge in [-0.05, 0) is 23.1 Å². The van der Waals surface area contributed by atoms with Crippen LogP contribution in [0.5, 0.6) is 0 Å². The third-order valence-corrected chi connectivity index (χ3v) is 6.99. The highest BCUT2D eigenvalue weighted by atomic mass is 35.5. The number of aryl methyl sites for hydroxylation is 1. The van der Waals surface area contributed by atoms with Gasteiger partial charge in [-0.1, -0.05) is 47.6 Å². The van der Waals surface area contributed by atoms with Gasteiger partial charge in [0.25, 0.3) is 5.56 Å². The average Bonchev–Trinajstić information content (AvgIpc) is 3.34. The van der Waals surface area contributed by atoms with Crippen LogP contribution in [0.4, 0.5) is 0 Å². The second kappa shape index (κ2) is 9.27. The van der Waals surface area contributed by atoms with Gasteiger partial charge in [0.05, 0.1) is 10.6 Å². The summed E-state index contributed by atoms with van der Waals surface area (Å²) in [6, 6.07) is 11.0. The van der Waals surface area contributed by atoms with Crippen molar-refractivity contribution in [1.82, 2.24) is 24.4 Å². The van der Waals surface area contributed by atoms with Crippen LogP contribution >= 0.6 is 34.7 Å². The number of benzene rings is 1. The topological polar surface area (TPSA) is 98.9 Å². The lowest BCUT2D eigenvalue weighted by molar-refractivity contribution is -0.118. The van der Waals surface area contributed by atoms with E-state index in [4.69, 9.17) is 11.6 Å². The number of amides is 1. The molecule has 3 aromatic heterocycles. The van der Waals surface area contributed by atoms with Crippen molar-refractivity contribution in [2.24, 2.45) is 14.1 Å². The quantitative estimate of drug-likeness (QED) is 0.331. The zero-order valence-electron chi connectivity index (χ0n) is 17.2. The number of aromatic nitrogens is 4. The van der Waals surface area contributed by atoms with Crippen molar-refractivity contribution >= 4 is 51.6 Å². The van der Waals surface area contributed by atoms with E-state index in [-0.39, 0.29) is 22.7 Å². The Kier molecular flexibility index (Phi) is 6.45. The van der Waals surface area contributed by atoms with E-state index >= 15 is 0 Å². The lowest BCUT2D eigenvalue weighted by Gasteiger charge is -2.11. The first-order valence-corrected chi connectivity index (χ1v) is 11.8. The molecule has 0 atom stereocenters. The van der Waals surface area contributed by atoms with E-state index in [1.54, 1.807) is 13.1 Å². The summed E-state index contributed by atoms with van der Waals surface area (Å²) in [6.45, 7) is 0.292. The number of fused-ring (bicyclic) bond motifs is 1. The van der Waals surface area contributed by atoms with Gasteiger partial charge in [0.15, 0.2) is 11.5 Å². The Morgan fingerprint density at radius 2 is 1.91 bits per heavy atom. The molecule has 1 N–H and O–H groups in total. The van der Waals surface area contributed by atoms with E-state index in [0.29, 0.717) is 22.4 Å². The van der Waals surface area contributed by atoms with Gasteiger partial charge in [-0.15, -0.1) is 11.3 Å². The van der Waals surface area contributed by atoms with E-state index in [1.807, 2.05) is 35.7 Å². The number of thiophene rings is 1. The molecule has 0 fully saturated rings. The van der Waals surface area contributed by atoms with Crippen molar-refractivity contribution in [3.8, 4) is 10.7 Å². The number of nitrogens with one attached hydrogen (secondary N) is 1. The minimum Gasteiger partial charge on any atom is -0.351 e. The summed E-state index contributed by atoms with van der Waals surface area (Å²) in [5, 5.41) is 5.85. The number of nitrogens with zero attached hydrogens (tertiary/aromatic N) is 4. The molecule has 1 aromatic carbocycles. The predicted molar refractivity (Wildman–Crippen MR) is 127 cm³/mol. The fourth-order valence-corrected chi connectivity index (χ4v) is 4.77. The maximum atomic E-state index is 12.9. The van der Waals surface area contributed by atoms with E-state index < -0.39 is 11.2 Å². The first-order chi connectivity index (χ1) is 15.4. The Balaban J connectivity index is 1.66. The molecule has 0 bridgehead atoms. The third kappa shape index (κ3) is 4.34. The van der Waals surface area contributed by atoms with Crippen LogP contribution in [0.1, 0.15) is 5.56 Å². The maximum absolute atomic E-state index is 12.9. The van der Waals surface area contributed by atoms with Crippen LogP contribution in [0.2, 0.25) is 5.02 Å². The molecule has 4 aromatic rings. The molecule has 8 nitrogen and oxygen atoms in total. The second-order valence-electron chi connectivity index (χ2n) is 6.89. The van der Waals surface area contributed by atoms with E-state index in [1.165, 1.54) is 23.0 Å². The summed E-state index contributed by atoms with van der Waals surface area (Å²) < 4.78 is 2.33. The summed E-state index contributed by atoms with van der Waals surface area (Å²) in [4.78, 5) is 47.6. The highest BCUT2D eigenvalue weighted by molar-refractivity contribution is 8.00. The summed E-state index contributed by atoms with van der Waals surface area (Å²) >= 11 is 8.71. The standard InChI is InChI=1S/C21H18ClN5O3S2/c1-26-18-16(20(29)27(2)21(26)30)19(25-17(24-18)14-8-5-9-31-14)32-11-15(28)23-10-12-6-3-4-7-13(12)22/h3-9H,10-11H2,1-2H3,(H,23,28). The van der Waals surface area contributed by atoms with Crippen molar-refractivity contribution < 1.29 is 4.79 Å². The van der Waals surface area contributed by atoms with Crippen LogP contribution < -0.4 is 16.6 Å². The second-order valence-corrected chi connectivity index (χ2v) is 9.21. The summed E-state index contributed by atoms with van der Waals surface area (Å²) in [5.74, 6) is 0.197. The third-order valence-electron chi connectivity index (χ3n) is 4.78. The summed E-state index contributed by atoms with van der Waals surface area (Å²) in [5.41, 5.74) is 0.0610. The lowest BCUT2D eigenvalue weighted by Crippen LogP contribution is -2.37. The molecule has 32 heavy (non-hydrogen) atoms. The minimum atomic E-state index is -0.500. The molecule has 0 spiro atoms. The Morgan fingerprint density at radius 1 is 1.12 bits per heavy atom. The van der Waals surface area contributed by atoms with Gasteiger partial charge >= 0.3 is 5.69 Å². The van der Waals surface area contributed by atoms with Crippen molar-refractivity contribution in [1.29, 1.82) is 0 Å². The monoisotopic (exact) mass is 487 g/mol. The Bertz CT molecular complexity index is 1430. The molecular weight excluding hydrogens is 470 g/mol. The number of carbonyl (C=O) groups is 1. The first-order valence-electron chi connectivity index (χ1n) is 9.51. The molecular formula is C21H18ClN5O3S2. The van der Waals surface area contributed by atoms with Gasteiger partial charge in [0.2, 0.25) is 5.91 Å². The number of halogens is 1. The highest BCUT2D eigenvalue weighted by Gasteiger charge is 2.19. The molecule has 0 aliphatic rings. The SMILES string of the molecule is Cn1c(=O)c2c(SCC(=O)NCc3ccccc3Cl)nc(-c3cccs3)nc2n(C)c1=O. The Labute approximate surface area is 195 Å². The molecule has 11 heteroatoms. The normalized spacial score (nSPS) is 11.1. The minimum absolute atomic E-state index is 0.0342.